The Hall–Kier alpha value is -1.13. The molecule has 1 nitrogen and oxygen atoms in total. The van der Waals surface area contributed by atoms with Crippen LogP contribution >= 0.6 is 11.6 Å². The van der Waals surface area contributed by atoms with E-state index in [4.69, 9.17) is 16.3 Å². The van der Waals surface area contributed by atoms with Gasteiger partial charge in [-0.1, -0.05) is 18.2 Å². The van der Waals surface area contributed by atoms with E-state index in [2.05, 4.69) is 12.0 Å². The molecule has 1 rings (SSSR count). The van der Waals surface area contributed by atoms with Gasteiger partial charge in [-0.2, -0.15) is 0 Å². The maximum Gasteiger partial charge on any atom is 0.140 e. The first-order valence-electron chi connectivity index (χ1n) is 3.19. The third-order valence-electron chi connectivity index (χ3n) is 1.05. The number of para-hydroxylation sites is 1. The Morgan fingerprint density at radius 1 is 1.27 bits per heavy atom. The number of ether oxygens (including phenoxy) is 1. The molecule has 0 amide bonds. The lowest BCUT2D eigenvalue weighted by Crippen LogP contribution is -1.80. The van der Waals surface area contributed by atoms with E-state index in [-0.39, 0.29) is 0 Å². The van der Waals surface area contributed by atoms with E-state index in [0.717, 1.165) is 5.75 Å². The highest BCUT2D eigenvalue weighted by Gasteiger charge is 1.84. The number of rotatable bonds is 1. The largest absolute Gasteiger partial charge is 0.408 e. The van der Waals surface area contributed by atoms with E-state index in [1.165, 1.54) is 0 Å². The molecule has 0 aromatic heterocycles. The molecule has 0 heterocycles. The minimum absolute atomic E-state index is 0.298. The summed E-state index contributed by atoms with van der Waals surface area (Å²) in [7, 11) is 0. The molecule has 0 aliphatic rings. The first kappa shape index (κ1) is 7.97. The summed E-state index contributed by atoms with van der Waals surface area (Å²) in [6.45, 7) is 0. The quantitative estimate of drug-likeness (QED) is 0.460. The Balaban J connectivity index is 2.52. The molecular formula is C9H7ClO. The normalized spacial score (nSPS) is 8.09. The zero-order valence-electron chi connectivity index (χ0n) is 5.88. The van der Waals surface area contributed by atoms with Gasteiger partial charge in [-0.05, 0) is 18.1 Å². The molecule has 56 valence electrons. The minimum Gasteiger partial charge on any atom is -0.408 e. The maximum absolute atomic E-state index is 5.31. The van der Waals surface area contributed by atoms with E-state index in [1.807, 2.05) is 30.3 Å². The molecule has 0 aliphatic carbocycles. The van der Waals surface area contributed by atoms with Gasteiger partial charge in [0.15, 0.2) is 0 Å². The smallest absolute Gasteiger partial charge is 0.140 e. The Labute approximate surface area is 70.9 Å². The molecule has 0 saturated carbocycles. The average molecular weight is 167 g/mol. The van der Waals surface area contributed by atoms with Crippen molar-refractivity contribution in [3.63, 3.8) is 0 Å². The first-order valence-corrected chi connectivity index (χ1v) is 3.72. The van der Waals surface area contributed by atoms with E-state index in [0.29, 0.717) is 5.88 Å². The van der Waals surface area contributed by atoms with Crippen molar-refractivity contribution in [3.8, 4) is 17.8 Å². The van der Waals surface area contributed by atoms with Gasteiger partial charge in [0.2, 0.25) is 0 Å². The van der Waals surface area contributed by atoms with Crippen molar-refractivity contribution in [2.75, 3.05) is 5.88 Å². The van der Waals surface area contributed by atoms with Crippen LogP contribution in [0.15, 0.2) is 30.3 Å². The lowest BCUT2D eigenvalue weighted by molar-refractivity contribution is 0.519. The highest BCUT2D eigenvalue weighted by Crippen LogP contribution is 2.06. The number of hydrogen-bond donors (Lipinski definition) is 0. The predicted molar refractivity (Wildman–Crippen MR) is 45.6 cm³/mol. The van der Waals surface area contributed by atoms with Crippen LogP contribution < -0.4 is 4.74 Å². The van der Waals surface area contributed by atoms with Crippen LogP contribution in [0, 0.1) is 12.0 Å². The lowest BCUT2D eigenvalue weighted by Gasteiger charge is -1.92. The molecule has 0 fully saturated rings. The Morgan fingerprint density at radius 2 is 2.00 bits per heavy atom. The summed E-state index contributed by atoms with van der Waals surface area (Å²) in [5.74, 6) is 3.63. The summed E-state index contributed by atoms with van der Waals surface area (Å²) < 4.78 is 5.00. The summed E-state index contributed by atoms with van der Waals surface area (Å²) in [5, 5.41) is 0. The molecule has 0 N–H and O–H groups in total. The first-order chi connectivity index (χ1) is 5.43. The van der Waals surface area contributed by atoms with E-state index < -0.39 is 0 Å². The summed E-state index contributed by atoms with van der Waals surface area (Å²) in [6, 6.07) is 9.36. The van der Waals surface area contributed by atoms with Gasteiger partial charge in [0, 0.05) is 0 Å². The van der Waals surface area contributed by atoms with E-state index in [1.54, 1.807) is 0 Å². The summed E-state index contributed by atoms with van der Waals surface area (Å²) >= 11 is 5.31. The van der Waals surface area contributed by atoms with Crippen molar-refractivity contribution in [3.05, 3.63) is 30.3 Å². The number of halogens is 1. The molecule has 0 bridgehead atoms. The van der Waals surface area contributed by atoms with Crippen molar-refractivity contribution in [1.82, 2.24) is 0 Å². The van der Waals surface area contributed by atoms with Crippen molar-refractivity contribution in [2.45, 2.75) is 0 Å². The van der Waals surface area contributed by atoms with Crippen molar-refractivity contribution in [2.24, 2.45) is 0 Å². The second-order valence-corrected chi connectivity index (χ2v) is 2.09. The second kappa shape index (κ2) is 4.65. The molecule has 1 aromatic rings. The van der Waals surface area contributed by atoms with Crippen LogP contribution in [-0.2, 0) is 0 Å². The van der Waals surface area contributed by atoms with Gasteiger partial charge in [0.1, 0.15) is 11.9 Å². The summed E-state index contributed by atoms with van der Waals surface area (Å²) in [6.07, 6.45) is 2.47. The molecule has 0 unspecified atom stereocenters. The Morgan fingerprint density at radius 3 is 2.64 bits per heavy atom. The van der Waals surface area contributed by atoms with Gasteiger partial charge in [-0.15, -0.1) is 11.6 Å². The standard InChI is InChI=1S/C9H7ClO/c10-7-4-8-11-9-5-2-1-3-6-9/h1-3,5-6H,7H2. The van der Waals surface area contributed by atoms with E-state index in [9.17, 15) is 0 Å². The fraction of sp³-hybridized carbons (Fsp3) is 0.111. The van der Waals surface area contributed by atoms with Gasteiger partial charge in [-0.3, -0.25) is 0 Å². The van der Waals surface area contributed by atoms with Crippen LogP contribution in [-0.4, -0.2) is 5.88 Å². The molecule has 2 heteroatoms. The van der Waals surface area contributed by atoms with Crippen LogP contribution in [0.5, 0.6) is 5.75 Å². The zero-order chi connectivity index (χ0) is 7.94. The fourth-order valence-corrected chi connectivity index (χ4v) is 0.665. The second-order valence-electron chi connectivity index (χ2n) is 1.83. The summed E-state index contributed by atoms with van der Waals surface area (Å²) in [4.78, 5) is 0. The lowest BCUT2D eigenvalue weighted by atomic mass is 10.3. The van der Waals surface area contributed by atoms with Crippen molar-refractivity contribution < 1.29 is 4.74 Å². The number of hydrogen-bond acceptors (Lipinski definition) is 1. The van der Waals surface area contributed by atoms with Crippen LogP contribution in [0.2, 0.25) is 0 Å². The van der Waals surface area contributed by atoms with Crippen LogP contribution in [0.4, 0.5) is 0 Å². The third-order valence-corrected chi connectivity index (χ3v) is 1.18. The maximum atomic E-state index is 5.31. The Bertz CT molecular complexity index is 258. The highest BCUT2D eigenvalue weighted by atomic mass is 35.5. The van der Waals surface area contributed by atoms with Gasteiger partial charge in [0.25, 0.3) is 0 Å². The predicted octanol–water partition coefficient (Wildman–Crippen LogP) is 2.27. The number of benzene rings is 1. The van der Waals surface area contributed by atoms with E-state index >= 15 is 0 Å². The van der Waals surface area contributed by atoms with Gasteiger partial charge in [-0.25, -0.2) is 0 Å². The molecule has 0 saturated heterocycles. The van der Waals surface area contributed by atoms with Crippen molar-refractivity contribution >= 4 is 11.6 Å². The zero-order valence-corrected chi connectivity index (χ0v) is 6.64. The molecule has 1 aromatic carbocycles. The van der Waals surface area contributed by atoms with Gasteiger partial charge >= 0.3 is 0 Å². The molecule has 0 radical (unpaired) electrons. The molecular weight excluding hydrogens is 160 g/mol. The van der Waals surface area contributed by atoms with Crippen LogP contribution in [0.1, 0.15) is 0 Å². The van der Waals surface area contributed by atoms with Crippen molar-refractivity contribution in [1.29, 1.82) is 0 Å². The minimum atomic E-state index is 0.298. The topological polar surface area (TPSA) is 9.23 Å². The SMILES string of the molecule is ClCC#COc1ccccc1. The third kappa shape index (κ3) is 2.97. The molecule has 0 atom stereocenters. The fourth-order valence-electron chi connectivity index (χ4n) is 0.611. The monoisotopic (exact) mass is 166 g/mol. The van der Waals surface area contributed by atoms with Gasteiger partial charge < -0.3 is 4.74 Å². The molecule has 0 spiro atoms. The molecule has 11 heavy (non-hydrogen) atoms. The van der Waals surface area contributed by atoms with Crippen LogP contribution in [0.25, 0.3) is 0 Å². The molecule has 0 aliphatic heterocycles. The van der Waals surface area contributed by atoms with Crippen LogP contribution in [0.3, 0.4) is 0 Å². The highest BCUT2D eigenvalue weighted by molar-refractivity contribution is 6.19. The Kier molecular flexibility index (Phi) is 3.37. The number of alkyl halides is 1. The van der Waals surface area contributed by atoms with Gasteiger partial charge in [0.05, 0.1) is 5.88 Å². The summed E-state index contributed by atoms with van der Waals surface area (Å²) in [5.41, 5.74) is 0. The average Bonchev–Trinajstić information content (AvgIpc) is 2.07.